The molecule has 1 N–H and O–H groups in total. The second kappa shape index (κ2) is 5.56. The Morgan fingerprint density at radius 2 is 2.33 bits per heavy atom. The van der Waals surface area contributed by atoms with E-state index in [-0.39, 0.29) is 23.3 Å². The molecule has 100 valence electrons. The average Bonchev–Trinajstić information content (AvgIpc) is 2.93. The van der Waals surface area contributed by atoms with Crippen LogP contribution in [0.2, 0.25) is 0 Å². The number of nitrogens with one attached hydrogen (secondary N) is 1. The first-order valence-electron chi connectivity index (χ1n) is 6.05. The smallest absolute Gasteiger partial charge is 0.220 e. The summed E-state index contributed by atoms with van der Waals surface area (Å²) in [4.78, 5) is 11.6. The Morgan fingerprint density at radius 3 is 2.94 bits per heavy atom. The van der Waals surface area contributed by atoms with Crippen LogP contribution in [0.4, 0.5) is 0 Å². The summed E-state index contributed by atoms with van der Waals surface area (Å²) in [5, 5.41) is 2.78. The minimum Gasteiger partial charge on any atom is -0.469 e. The molecule has 1 aliphatic rings. The average molecular weight is 271 g/mol. The highest BCUT2D eigenvalue weighted by Crippen LogP contribution is 2.17. The first-order chi connectivity index (χ1) is 8.55. The van der Waals surface area contributed by atoms with Gasteiger partial charge in [0.15, 0.2) is 9.84 Å². The van der Waals surface area contributed by atoms with Crippen LogP contribution >= 0.6 is 0 Å². The summed E-state index contributed by atoms with van der Waals surface area (Å²) in [7, 11) is -2.86. The van der Waals surface area contributed by atoms with Gasteiger partial charge in [-0.3, -0.25) is 4.79 Å². The molecule has 0 radical (unpaired) electrons. The van der Waals surface area contributed by atoms with Crippen LogP contribution in [-0.2, 0) is 21.1 Å². The Morgan fingerprint density at radius 1 is 1.50 bits per heavy atom. The topological polar surface area (TPSA) is 76.4 Å². The van der Waals surface area contributed by atoms with E-state index in [1.165, 1.54) is 0 Å². The van der Waals surface area contributed by atoms with Gasteiger partial charge in [0.2, 0.25) is 5.91 Å². The van der Waals surface area contributed by atoms with Gasteiger partial charge in [-0.1, -0.05) is 0 Å². The van der Waals surface area contributed by atoms with Crippen molar-refractivity contribution in [2.24, 2.45) is 5.92 Å². The molecule has 1 aliphatic heterocycles. The minimum absolute atomic E-state index is 0.0595. The summed E-state index contributed by atoms with van der Waals surface area (Å²) in [6.07, 6.45) is 3.17. The predicted molar refractivity (Wildman–Crippen MR) is 66.8 cm³/mol. The van der Waals surface area contributed by atoms with E-state index in [1.54, 1.807) is 12.3 Å². The van der Waals surface area contributed by atoms with Crippen molar-refractivity contribution in [3.05, 3.63) is 24.2 Å². The van der Waals surface area contributed by atoms with Gasteiger partial charge in [-0.25, -0.2) is 8.42 Å². The van der Waals surface area contributed by atoms with Gasteiger partial charge in [-0.05, 0) is 24.5 Å². The van der Waals surface area contributed by atoms with Crippen LogP contribution in [0.15, 0.2) is 22.8 Å². The van der Waals surface area contributed by atoms with Crippen molar-refractivity contribution in [1.29, 1.82) is 0 Å². The summed E-state index contributed by atoms with van der Waals surface area (Å²) < 4.78 is 27.6. The van der Waals surface area contributed by atoms with Crippen LogP contribution in [0.3, 0.4) is 0 Å². The third kappa shape index (κ3) is 3.87. The van der Waals surface area contributed by atoms with E-state index in [0.29, 0.717) is 25.8 Å². The summed E-state index contributed by atoms with van der Waals surface area (Å²) in [6.45, 7) is 0.455. The third-order valence-electron chi connectivity index (χ3n) is 3.09. The first-order valence-corrected chi connectivity index (χ1v) is 7.87. The quantitative estimate of drug-likeness (QED) is 0.858. The summed E-state index contributed by atoms with van der Waals surface area (Å²) in [5.41, 5.74) is 0. The zero-order chi connectivity index (χ0) is 13.0. The number of aryl methyl sites for hydroxylation is 1. The normalized spacial score (nSPS) is 21.9. The molecule has 0 aliphatic carbocycles. The highest BCUT2D eigenvalue weighted by Gasteiger charge is 2.27. The van der Waals surface area contributed by atoms with Crippen molar-refractivity contribution >= 4 is 15.7 Å². The maximum absolute atomic E-state index is 11.6. The molecule has 2 heterocycles. The maximum atomic E-state index is 11.6. The fourth-order valence-electron chi connectivity index (χ4n) is 2.07. The Balaban J connectivity index is 1.66. The minimum atomic E-state index is -2.86. The molecular weight excluding hydrogens is 254 g/mol. The predicted octanol–water partition coefficient (Wildman–Crippen LogP) is 0.763. The molecule has 2 rings (SSSR count). The molecule has 0 unspecified atom stereocenters. The summed E-state index contributed by atoms with van der Waals surface area (Å²) in [6, 6.07) is 3.62. The maximum Gasteiger partial charge on any atom is 0.220 e. The number of hydrogen-bond acceptors (Lipinski definition) is 4. The second-order valence-electron chi connectivity index (χ2n) is 4.65. The second-order valence-corrected chi connectivity index (χ2v) is 6.88. The Labute approximate surface area is 106 Å². The van der Waals surface area contributed by atoms with E-state index in [4.69, 9.17) is 4.42 Å². The van der Waals surface area contributed by atoms with Crippen molar-refractivity contribution in [3.63, 3.8) is 0 Å². The van der Waals surface area contributed by atoms with Gasteiger partial charge < -0.3 is 9.73 Å². The molecular formula is C12H17NO4S. The number of carbonyl (C=O) groups excluding carboxylic acids is 1. The lowest BCUT2D eigenvalue weighted by Crippen LogP contribution is -2.29. The molecule has 0 bridgehead atoms. The molecule has 1 atom stereocenters. The lowest BCUT2D eigenvalue weighted by atomic mass is 10.1. The standard InChI is InChI=1S/C12H17NO4S/c14-12(4-3-11-2-1-6-17-11)13-8-10-5-7-18(15,16)9-10/h1-2,6,10H,3-5,7-9H2,(H,13,14)/t10-/m1/s1. The largest absolute Gasteiger partial charge is 0.469 e. The van der Waals surface area contributed by atoms with Crippen LogP contribution in [0.25, 0.3) is 0 Å². The summed E-state index contributed by atoms with van der Waals surface area (Å²) in [5.74, 6) is 1.25. The van der Waals surface area contributed by atoms with Crippen LogP contribution < -0.4 is 5.32 Å². The highest BCUT2D eigenvalue weighted by molar-refractivity contribution is 7.91. The van der Waals surface area contributed by atoms with Crippen LogP contribution in [0.1, 0.15) is 18.6 Å². The van der Waals surface area contributed by atoms with Gasteiger partial charge in [-0.2, -0.15) is 0 Å². The van der Waals surface area contributed by atoms with Crippen molar-refractivity contribution in [1.82, 2.24) is 5.32 Å². The number of rotatable bonds is 5. The summed E-state index contributed by atoms with van der Waals surface area (Å²) >= 11 is 0. The lowest BCUT2D eigenvalue weighted by Gasteiger charge is -2.09. The molecule has 6 heteroatoms. The zero-order valence-corrected chi connectivity index (χ0v) is 10.9. The van der Waals surface area contributed by atoms with Crippen molar-refractivity contribution < 1.29 is 17.6 Å². The molecule has 1 aromatic rings. The lowest BCUT2D eigenvalue weighted by molar-refractivity contribution is -0.121. The number of carbonyl (C=O) groups is 1. The highest BCUT2D eigenvalue weighted by atomic mass is 32.2. The van der Waals surface area contributed by atoms with Gasteiger partial charge in [0.05, 0.1) is 17.8 Å². The van der Waals surface area contributed by atoms with Crippen molar-refractivity contribution in [2.75, 3.05) is 18.1 Å². The van der Waals surface area contributed by atoms with Gasteiger partial charge >= 0.3 is 0 Å². The number of hydrogen-bond donors (Lipinski definition) is 1. The monoisotopic (exact) mass is 271 g/mol. The van der Waals surface area contributed by atoms with Crippen LogP contribution in [-0.4, -0.2) is 32.4 Å². The van der Waals surface area contributed by atoms with Gasteiger partial charge in [0.25, 0.3) is 0 Å². The first kappa shape index (κ1) is 13.1. The molecule has 1 fully saturated rings. The zero-order valence-electron chi connectivity index (χ0n) is 10.1. The third-order valence-corrected chi connectivity index (χ3v) is 4.93. The molecule has 5 nitrogen and oxygen atoms in total. The van der Waals surface area contributed by atoms with Crippen molar-refractivity contribution in [2.45, 2.75) is 19.3 Å². The van der Waals surface area contributed by atoms with E-state index >= 15 is 0 Å². The van der Waals surface area contributed by atoms with Crippen LogP contribution in [0.5, 0.6) is 0 Å². The molecule has 0 saturated carbocycles. The van der Waals surface area contributed by atoms with Crippen molar-refractivity contribution in [3.8, 4) is 0 Å². The van der Waals surface area contributed by atoms with E-state index in [0.717, 1.165) is 5.76 Å². The van der Waals surface area contributed by atoms with E-state index in [9.17, 15) is 13.2 Å². The van der Waals surface area contributed by atoms with Gasteiger partial charge in [-0.15, -0.1) is 0 Å². The molecule has 1 aromatic heterocycles. The van der Waals surface area contributed by atoms with Crippen LogP contribution in [0, 0.1) is 5.92 Å². The Kier molecular flexibility index (Phi) is 4.06. The number of sulfone groups is 1. The van der Waals surface area contributed by atoms with Gasteiger partial charge in [0.1, 0.15) is 5.76 Å². The number of furan rings is 1. The molecule has 18 heavy (non-hydrogen) atoms. The van der Waals surface area contributed by atoms with E-state index < -0.39 is 9.84 Å². The fraction of sp³-hybridized carbons (Fsp3) is 0.583. The SMILES string of the molecule is O=C(CCc1ccco1)NC[C@H]1CCS(=O)(=O)C1. The Hall–Kier alpha value is -1.30. The van der Waals surface area contributed by atoms with E-state index in [2.05, 4.69) is 5.32 Å². The molecule has 0 aromatic carbocycles. The van der Waals surface area contributed by atoms with Gasteiger partial charge in [0, 0.05) is 19.4 Å². The molecule has 0 spiro atoms. The Bertz CT molecular complexity index is 492. The fourth-order valence-corrected chi connectivity index (χ4v) is 3.93. The number of amides is 1. The molecule has 1 amide bonds. The van der Waals surface area contributed by atoms with E-state index in [1.807, 2.05) is 6.07 Å². The molecule has 1 saturated heterocycles.